The van der Waals surface area contributed by atoms with Crippen LogP contribution in [-0.2, 0) is 12.8 Å². The highest BCUT2D eigenvalue weighted by atomic mass is 35.5. The standard InChI is InChI=1S/C18H19ClFN/c1-2-21-18(11-15-16(19)8-5-9-17(15)20)14-10-12-6-3-4-7-13(12)14/h3-9,14,18,21H,2,10-11H2,1H3. The molecule has 110 valence electrons. The van der Waals surface area contributed by atoms with E-state index in [-0.39, 0.29) is 11.9 Å². The minimum Gasteiger partial charge on any atom is -0.313 e. The summed E-state index contributed by atoms with van der Waals surface area (Å²) in [7, 11) is 0. The van der Waals surface area contributed by atoms with Crippen molar-refractivity contribution in [2.75, 3.05) is 6.54 Å². The summed E-state index contributed by atoms with van der Waals surface area (Å²) in [5.41, 5.74) is 3.41. The maximum Gasteiger partial charge on any atom is 0.127 e. The van der Waals surface area contributed by atoms with Crippen LogP contribution in [0.15, 0.2) is 42.5 Å². The zero-order chi connectivity index (χ0) is 14.8. The van der Waals surface area contributed by atoms with Gasteiger partial charge in [-0.3, -0.25) is 0 Å². The summed E-state index contributed by atoms with van der Waals surface area (Å²) in [4.78, 5) is 0. The Labute approximate surface area is 130 Å². The van der Waals surface area contributed by atoms with Crippen LogP contribution in [0.25, 0.3) is 0 Å². The van der Waals surface area contributed by atoms with E-state index in [4.69, 9.17) is 11.6 Å². The number of hydrogen-bond acceptors (Lipinski definition) is 1. The minimum absolute atomic E-state index is 0.210. The summed E-state index contributed by atoms with van der Waals surface area (Å²) in [6.07, 6.45) is 1.68. The van der Waals surface area contributed by atoms with Gasteiger partial charge in [0.15, 0.2) is 0 Å². The number of benzene rings is 2. The molecule has 0 amide bonds. The maximum atomic E-state index is 14.0. The van der Waals surface area contributed by atoms with Crippen LogP contribution in [-0.4, -0.2) is 12.6 Å². The first kappa shape index (κ1) is 14.6. The van der Waals surface area contributed by atoms with Crippen molar-refractivity contribution >= 4 is 11.6 Å². The summed E-state index contributed by atoms with van der Waals surface area (Å²) in [6, 6.07) is 13.6. The summed E-state index contributed by atoms with van der Waals surface area (Å²) >= 11 is 6.17. The van der Waals surface area contributed by atoms with Crippen molar-refractivity contribution in [3.63, 3.8) is 0 Å². The molecular formula is C18H19ClFN. The fourth-order valence-corrected chi connectivity index (χ4v) is 3.46. The van der Waals surface area contributed by atoms with Crippen LogP contribution < -0.4 is 5.32 Å². The Morgan fingerprint density at radius 1 is 1.24 bits per heavy atom. The van der Waals surface area contributed by atoms with E-state index < -0.39 is 0 Å². The van der Waals surface area contributed by atoms with Gasteiger partial charge in [0.05, 0.1) is 0 Å². The topological polar surface area (TPSA) is 12.0 Å². The first-order valence-electron chi connectivity index (χ1n) is 7.44. The fraction of sp³-hybridized carbons (Fsp3) is 0.333. The summed E-state index contributed by atoms with van der Waals surface area (Å²) in [6.45, 7) is 2.95. The lowest BCUT2D eigenvalue weighted by Gasteiger charge is -2.37. The first-order chi connectivity index (χ1) is 10.2. The van der Waals surface area contributed by atoms with Gasteiger partial charge in [0.2, 0.25) is 0 Å². The number of nitrogens with one attached hydrogen (secondary N) is 1. The second kappa shape index (κ2) is 6.17. The smallest absolute Gasteiger partial charge is 0.127 e. The van der Waals surface area contributed by atoms with Crippen molar-refractivity contribution < 1.29 is 4.39 Å². The molecule has 21 heavy (non-hydrogen) atoms. The lowest BCUT2D eigenvalue weighted by molar-refractivity contribution is 0.400. The van der Waals surface area contributed by atoms with Crippen LogP contribution in [0, 0.1) is 5.82 Å². The average molecular weight is 304 g/mol. The third-order valence-electron chi connectivity index (χ3n) is 4.33. The fourth-order valence-electron chi connectivity index (χ4n) is 3.22. The number of rotatable bonds is 5. The molecule has 0 heterocycles. The van der Waals surface area contributed by atoms with Crippen LogP contribution in [0.4, 0.5) is 4.39 Å². The molecule has 1 aliphatic carbocycles. The monoisotopic (exact) mass is 303 g/mol. The van der Waals surface area contributed by atoms with Crippen LogP contribution in [0.2, 0.25) is 5.02 Å². The van der Waals surface area contributed by atoms with Gasteiger partial charge in [-0.05, 0) is 42.6 Å². The van der Waals surface area contributed by atoms with E-state index >= 15 is 0 Å². The molecule has 1 aliphatic rings. The number of hydrogen-bond donors (Lipinski definition) is 1. The summed E-state index contributed by atoms with van der Waals surface area (Å²) < 4.78 is 14.0. The number of halogens is 2. The van der Waals surface area contributed by atoms with Crippen molar-refractivity contribution in [1.82, 2.24) is 5.32 Å². The molecule has 2 aromatic carbocycles. The molecule has 1 N–H and O–H groups in total. The number of fused-ring (bicyclic) bond motifs is 1. The van der Waals surface area contributed by atoms with E-state index in [0.29, 0.717) is 22.9 Å². The highest BCUT2D eigenvalue weighted by molar-refractivity contribution is 6.31. The predicted octanol–water partition coefficient (Wildman–Crippen LogP) is 4.34. The van der Waals surface area contributed by atoms with Crippen molar-refractivity contribution in [2.24, 2.45) is 0 Å². The molecule has 0 fully saturated rings. The molecule has 0 aromatic heterocycles. The molecule has 2 unspecified atom stereocenters. The van der Waals surface area contributed by atoms with E-state index in [0.717, 1.165) is 13.0 Å². The van der Waals surface area contributed by atoms with Gasteiger partial charge in [0, 0.05) is 22.5 Å². The lowest BCUT2D eigenvalue weighted by Crippen LogP contribution is -2.41. The Bertz CT molecular complexity index is 621. The van der Waals surface area contributed by atoms with Gasteiger partial charge < -0.3 is 5.32 Å². The average Bonchev–Trinajstić information content (AvgIpc) is 2.44. The lowest BCUT2D eigenvalue weighted by atomic mass is 9.72. The van der Waals surface area contributed by atoms with Crippen molar-refractivity contribution in [3.05, 3.63) is 70.0 Å². The molecule has 1 nitrogen and oxygen atoms in total. The minimum atomic E-state index is -0.210. The normalized spacial score (nSPS) is 18.0. The van der Waals surface area contributed by atoms with Gasteiger partial charge in [-0.1, -0.05) is 48.9 Å². The van der Waals surface area contributed by atoms with Crippen molar-refractivity contribution in [1.29, 1.82) is 0 Å². The zero-order valence-electron chi connectivity index (χ0n) is 12.1. The second-order valence-corrected chi connectivity index (χ2v) is 5.99. The van der Waals surface area contributed by atoms with Gasteiger partial charge in [-0.15, -0.1) is 0 Å². The van der Waals surface area contributed by atoms with Crippen LogP contribution in [0.1, 0.15) is 29.5 Å². The third kappa shape index (κ3) is 2.83. The van der Waals surface area contributed by atoms with Crippen LogP contribution in [0.5, 0.6) is 0 Å². The van der Waals surface area contributed by atoms with Crippen molar-refractivity contribution in [3.8, 4) is 0 Å². The largest absolute Gasteiger partial charge is 0.313 e. The van der Waals surface area contributed by atoms with Gasteiger partial charge in [-0.2, -0.15) is 0 Å². The third-order valence-corrected chi connectivity index (χ3v) is 4.69. The molecule has 3 rings (SSSR count). The van der Waals surface area contributed by atoms with E-state index in [1.54, 1.807) is 12.1 Å². The summed E-state index contributed by atoms with van der Waals surface area (Å²) in [5, 5.41) is 4.02. The molecule has 2 aromatic rings. The molecule has 2 atom stereocenters. The maximum absolute atomic E-state index is 14.0. The van der Waals surface area contributed by atoms with Gasteiger partial charge in [0.1, 0.15) is 5.82 Å². The molecular weight excluding hydrogens is 285 g/mol. The predicted molar refractivity (Wildman–Crippen MR) is 85.5 cm³/mol. The summed E-state index contributed by atoms with van der Waals surface area (Å²) in [5.74, 6) is 0.231. The Balaban J connectivity index is 1.84. The van der Waals surface area contributed by atoms with Gasteiger partial charge in [-0.25, -0.2) is 4.39 Å². The van der Waals surface area contributed by atoms with E-state index in [2.05, 4.69) is 36.5 Å². The highest BCUT2D eigenvalue weighted by Crippen LogP contribution is 2.39. The first-order valence-corrected chi connectivity index (χ1v) is 7.82. The van der Waals surface area contributed by atoms with Gasteiger partial charge >= 0.3 is 0 Å². The molecule has 0 bridgehead atoms. The SMILES string of the molecule is CCNC(Cc1c(F)cccc1Cl)C1Cc2ccccc21. The van der Waals surface area contributed by atoms with E-state index in [1.165, 1.54) is 17.2 Å². The Kier molecular flexibility index (Phi) is 4.27. The molecule has 0 saturated carbocycles. The quantitative estimate of drug-likeness (QED) is 0.866. The van der Waals surface area contributed by atoms with Crippen LogP contribution in [0.3, 0.4) is 0 Å². The van der Waals surface area contributed by atoms with Gasteiger partial charge in [0.25, 0.3) is 0 Å². The second-order valence-electron chi connectivity index (χ2n) is 5.58. The molecule has 0 spiro atoms. The number of likely N-dealkylation sites (N-methyl/N-ethyl adjacent to an activating group) is 1. The molecule has 0 radical (unpaired) electrons. The highest BCUT2D eigenvalue weighted by Gasteiger charge is 2.33. The van der Waals surface area contributed by atoms with Crippen LogP contribution >= 0.6 is 11.6 Å². The Morgan fingerprint density at radius 2 is 2.05 bits per heavy atom. The molecule has 0 aliphatic heterocycles. The zero-order valence-corrected chi connectivity index (χ0v) is 12.8. The Hall–Kier alpha value is -1.38. The van der Waals surface area contributed by atoms with E-state index in [1.807, 2.05) is 0 Å². The Morgan fingerprint density at radius 3 is 2.76 bits per heavy atom. The van der Waals surface area contributed by atoms with Crippen molar-refractivity contribution in [2.45, 2.75) is 31.7 Å². The molecule has 0 saturated heterocycles. The molecule has 3 heteroatoms. The van der Waals surface area contributed by atoms with E-state index in [9.17, 15) is 4.39 Å².